The predicted molar refractivity (Wildman–Crippen MR) is 107 cm³/mol. The number of hydrogen-bond acceptors (Lipinski definition) is 7. The van der Waals surface area contributed by atoms with Gasteiger partial charge >= 0.3 is 5.97 Å². The Balaban J connectivity index is 1.55. The van der Waals surface area contributed by atoms with Gasteiger partial charge in [-0.1, -0.05) is 43.2 Å². The highest BCUT2D eigenvalue weighted by molar-refractivity contribution is 6.15. The number of furan rings is 1. The summed E-state index contributed by atoms with van der Waals surface area (Å²) in [5, 5.41) is 14.6. The molecular weight excluding hydrogens is 386 g/mol. The lowest BCUT2D eigenvalue weighted by Crippen LogP contribution is -2.36. The van der Waals surface area contributed by atoms with E-state index in [0.29, 0.717) is 11.6 Å². The molecule has 154 valence electrons. The van der Waals surface area contributed by atoms with Crippen LogP contribution in [0, 0.1) is 0 Å². The van der Waals surface area contributed by atoms with Crippen molar-refractivity contribution in [1.82, 2.24) is 25.5 Å². The fourth-order valence-corrected chi connectivity index (χ4v) is 3.38. The van der Waals surface area contributed by atoms with Crippen molar-refractivity contribution in [1.29, 1.82) is 0 Å². The van der Waals surface area contributed by atoms with Crippen LogP contribution in [-0.2, 0) is 14.3 Å². The molecule has 0 aliphatic heterocycles. The maximum atomic E-state index is 12.9. The number of ether oxygens (including phenoxy) is 1. The Morgan fingerprint density at radius 1 is 1.17 bits per heavy atom. The van der Waals surface area contributed by atoms with Gasteiger partial charge in [-0.15, -0.1) is 5.10 Å². The highest BCUT2D eigenvalue weighted by Gasteiger charge is 2.23. The maximum Gasteiger partial charge on any atom is 0.357 e. The first kappa shape index (κ1) is 19.6. The summed E-state index contributed by atoms with van der Waals surface area (Å²) >= 11 is 0. The van der Waals surface area contributed by atoms with Crippen LogP contribution in [0.2, 0.25) is 0 Å². The van der Waals surface area contributed by atoms with Gasteiger partial charge in [0.25, 0.3) is 5.91 Å². The summed E-state index contributed by atoms with van der Waals surface area (Å²) < 4.78 is 11.9. The number of carbonyl (C=O) groups excluding carboxylic acids is 2. The van der Waals surface area contributed by atoms with Crippen molar-refractivity contribution >= 4 is 23.6 Å². The van der Waals surface area contributed by atoms with Crippen molar-refractivity contribution in [2.24, 2.45) is 0 Å². The lowest BCUT2D eigenvalue weighted by molar-refractivity contribution is -0.143. The zero-order valence-electron chi connectivity index (χ0n) is 16.2. The quantitative estimate of drug-likeness (QED) is 0.473. The van der Waals surface area contributed by atoms with E-state index in [2.05, 4.69) is 20.8 Å². The summed E-state index contributed by atoms with van der Waals surface area (Å²) in [7, 11) is 0. The molecule has 1 aliphatic carbocycles. The van der Waals surface area contributed by atoms with Crippen LogP contribution in [0.3, 0.4) is 0 Å². The largest absolute Gasteiger partial charge is 0.465 e. The molecule has 1 aromatic carbocycles. The Bertz CT molecular complexity index is 1020. The maximum absolute atomic E-state index is 12.9. The highest BCUT2D eigenvalue weighted by atomic mass is 16.5. The van der Waals surface area contributed by atoms with Crippen molar-refractivity contribution in [3.63, 3.8) is 0 Å². The molecule has 0 atom stereocenters. The van der Waals surface area contributed by atoms with Gasteiger partial charge in [0.05, 0.1) is 6.26 Å². The van der Waals surface area contributed by atoms with E-state index in [1.165, 1.54) is 17.0 Å². The van der Waals surface area contributed by atoms with Crippen molar-refractivity contribution < 1.29 is 18.7 Å². The number of tetrazole rings is 1. The topological polar surface area (TPSA) is 112 Å². The van der Waals surface area contributed by atoms with Crippen molar-refractivity contribution in [3.05, 3.63) is 54.5 Å². The fraction of sp³-hybridized carbons (Fsp3) is 0.286. The summed E-state index contributed by atoms with van der Waals surface area (Å²) in [5.41, 5.74) is 0.752. The minimum Gasteiger partial charge on any atom is -0.465 e. The first-order valence-electron chi connectivity index (χ1n) is 9.76. The lowest BCUT2D eigenvalue weighted by Gasteiger charge is -2.13. The van der Waals surface area contributed by atoms with E-state index in [1.807, 2.05) is 30.3 Å². The Hall–Kier alpha value is -3.75. The van der Waals surface area contributed by atoms with E-state index in [0.717, 1.165) is 31.2 Å². The summed E-state index contributed by atoms with van der Waals surface area (Å²) in [5.74, 6) is -0.280. The molecule has 0 spiro atoms. The number of benzene rings is 1. The van der Waals surface area contributed by atoms with Crippen molar-refractivity contribution in [2.75, 3.05) is 6.61 Å². The minimum atomic E-state index is -0.738. The van der Waals surface area contributed by atoms with E-state index < -0.39 is 5.97 Å². The van der Waals surface area contributed by atoms with E-state index in [9.17, 15) is 9.59 Å². The number of carbonyl (C=O) groups is 2. The van der Waals surface area contributed by atoms with Gasteiger partial charge in [-0.3, -0.25) is 4.79 Å². The molecule has 1 aliphatic rings. The van der Waals surface area contributed by atoms with Crippen LogP contribution in [0.25, 0.3) is 23.2 Å². The zero-order valence-corrected chi connectivity index (χ0v) is 16.2. The highest BCUT2D eigenvalue weighted by Crippen LogP contribution is 2.21. The molecule has 2 aromatic heterocycles. The second-order valence-electron chi connectivity index (χ2n) is 6.95. The SMILES string of the molecule is O=C(COC(=O)/C(=C/c1ccco1)n1nnnc1-c1ccccc1)NC1CCCC1. The number of esters is 1. The first-order valence-corrected chi connectivity index (χ1v) is 9.76. The zero-order chi connectivity index (χ0) is 20.8. The molecule has 0 bridgehead atoms. The number of nitrogens with one attached hydrogen (secondary N) is 1. The Morgan fingerprint density at radius 3 is 2.70 bits per heavy atom. The van der Waals surface area contributed by atoms with Gasteiger partial charge in [0, 0.05) is 17.7 Å². The molecule has 1 fully saturated rings. The van der Waals surface area contributed by atoms with Crippen LogP contribution in [0.1, 0.15) is 31.4 Å². The monoisotopic (exact) mass is 407 g/mol. The average Bonchev–Trinajstić information content (AvgIpc) is 3.53. The molecule has 2 heterocycles. The van der Waals surface area contributed by atoms with Crippen LogP contribution < -0.4 is 5.32 Å². The van der Waals surface area contributed by atoms with Gasteiger partial charge < -0.3 is 14.5 Å². The van der Waals surface area contributed by atoms with Crippen LogP contribution in [-0.4, -0.2) is 44.7 Å². The average molecular weight is 407 g/mol. The van der Waals surface area contributed by atoms with E-state index in [4.69, 9.17) is 9.15 Å². The second kappa shape index (κ2) is 9.17. The summed E-state index contributed by atoms with van der Waals surface area (Å²) in [6, 6.07) is 12.7. The minimum absolute atomic E-state index is 0.0301. The molecular formula is C21H21N5O4. The normalized spacial score (nSPS) is 14.6. The molecule has 30 heavy (non-hydrogen) atoms. The van der Waals surface area contributed by atoms with Crippen LogP contribution in [0.5, 0.6) is 0 Å². The van der Waals surface area contributed by atoms with Gasteiger partial charge in [-0.25, -0.2) is 4.79 Å². The molecule has 1 amide bonds. The van der Waals surface area contributed by atoms with Crippen LogP contribution in [0.15, 0.2) is 53.1 Å². The van der Waals surface area contributed by atoms with E-state index in [1.54, 1.807) is 12.1 Å². The molecule has 0 saturated heterocycles. The van der Waals surface area contributed by atoms with Gasteiger partial charge in [-0.05, 0) is 35.4 Å². The third-order valence-corrected chi connectivity index (χ3v) is 4.82. The Kier molecular flexibility index (Phi) is 5.98. The molecule has 9 heteroatoms. The summed E-state index contributed by atoms with van der Waals surface area (Å²) in [4.78, 5) is 25.0. The molecule has 0 unspecified atom stereocenters. The Labute approximate surface area is 172 Å². The third kappa shape index (κ3) is 4.62. The number of aromatic nitrogens is 4. The number of hydrogen-bond donors (Lipinski definition) is 1. The lowest BCUT2D eigenvalue weighted by atomic mass is 10.2. The van der Waals surface area contributed by atoms with Crippen molar-refractivity contribution in [2.45, 2.75) is 31.7 Å². The molecule has 3 aromatic rings. The van der Waals surface area contributed by atoms with Gasteiger partial charge in [0.2, 0.25) is 0 Å². The van der Waals surface area contributed by atoms with Gasteiger partial charge in [0.1, 0.15) is 5.76 Å². The molecule has 0 radical (unpaired) electrons. The standard InChI is InChI=1S/C21H21N5O4/c27-19(22-16-9-4-5-10-16)14-30-21(28)18(13-17-11-6-12-29-17)26-20(23-24-25-26)15-7-2-1-3-8-15/h1-3,6-8,11-13,16H,4-5,9-10,14H2,(H,22,27)/b18-13-. The molecule has 1 saturated carbocycles. The number of nitrogens with zero attached hydrogens (tertiary/aromatic N) is 4. The first-order chi connectivity index (χ1) is 14.7. The van der Waals surface area contributed by atoms with Crippen LogP contribution in [0.4, 0.5) is 0 Å². The fourth-order valence-electron chi connectivity index (χ4n) is 3.38. The van der Waals surface area contributed by atoms with Crippen LogP contribution >= 0.6 is 0 Å². The molecule has 9 nitrogen and oxygen atoms in total. The second-order valence-corrected chi connectivity index (χ2v) is 6.95. The van der Waals surface area contributed by atoms with E-state index in [-0.39, 0.29) is 24.3 Å². The molecule has 4 rings (SSSR count). The smallest absolute Gasteiger partial charge is 0.357 e. The van der Waals surface area contributed by atoms with Crippen molar-refractivity contribution in [3.8, 4) is 11.4 Å². The van der Waals surface area contributed by atoms with E-state index >= 15 is 0 Å². The predicted octanol–water partition coefficient (Wildman–Crippen LogP) is 2.53. The van der Waals surface area contributed by atoms with Gasteiger partial charge in [0.15, 0.2) is 18.1 Å². The number of rotatable bonds is 7. The summed E-state index contributed by atoms with van der Waals surface area (Å²) in [6.45, 7) is -0.381. The molecule has 1 N–H and O–H groups in total. The van der Waals surface area contributed by atoms with Gasteiger partial charge in [-0.2, -0.15) is 4.68 Å². The summed E-state index contributed by atoms with van der Waals surface area (Å²) in [6.07, 6.45) is 7.06. The third-order valence-electron chi connectivity index (χ3n) is 4.82. The number of amides is 1. The Morgan fingerprint density at radius 2 is 1.97 bits per heavy atom.